The molecule has 13 heavy (non-hydrogen) atoms. The van der Waals surface area contributed by atoms with E-state index in [0.29, 0.717) is 0 Å². The molecule has 5 nitrogen and oxygen atoms in total. The molecule has 1 heterocycles. The average molecular weight is 182 g/mol. The van der Waals surface area contributed by atoms with E-state index in [0.717, 1.165) is 0 Å². The summed E-state index contributed by atoms with van der Waals surface area (Å²) < 4.78 is 0. The molecule has 1 aromatic heterocycles. The number of pyridine rings is 1. The molecule has 0 fully saturated rings. The van der Waals surface area contributed by atoms with Crippen molar-refractivity contribution in [1.82, 2.24) is 4.98 Å². The minimum absolute atomic E-state index is 0.0903. The van der Waals surface area contributed by atoms with Crippen LogP contribution in [-0.2, 0) is 0 Å². The molecule has 1 aromatic rings. The van der Waals surface area contributed by atoms with E-state index >= 15 is 0 Å². The van der Waals surface area contributed by atoms with Crippen LogP contribution in [0.5, 0.6) is 0 Å². The van der Waals surface area contributed by atoms with Gasteiger partial charge >= 0.3 is 5.97 Å². The lowest BCUT2D eigenvalue weighted by molar-refractivity contribution is 0.0690. The molecule has 0 amide bonds. The number of carbonyl (C=O) groups is 1. The summed E-state index contributed by atoms with van der Waals surface area (Å²) in [5.74, 6) is -1.18. The van der Waals surface area contributed by atoms with Crippen LogP contribution in [0.15, 0.2) is 12.3 Å². The van der Waals surface area contributed by atoms with Crippen molar-refractivity contribution in [2.75, 3.05) is 5.73 Å². The third-order valence-corrected chi connectivity index (χ3v) is 1.62. The Labute approximate surface area is 74.8 Å². The lowest BCUT2D eigenvalue weighted by Crippen LogP contribution is -2.10. The predicted molar refractivity (Wildman–Crippen MR) is 46.2 cm³/mol. The van der Waals surface area contributed by atoms with Gasteiger partial charge in [-0.05, 0) is 13.0 Å². The number of nitrogens with zero attached hydrogens (tertiary/aromatic N) is 1. The van der Waals surface area contributed by atoms with Gasteiger partial charge in [0.05, 0.1) is 11.8 Å². The zero-order valence-corrected chi connectivity index (χ0v) is 7.06. The third kappa shape index (κ3) is 1.75. The van der Waals surface area contributed by atoms with E-state index in [1.54, 1.807) is 0 Å². The van der Waals surface area contributed by atoms with E-state index in [1.165, 1.54) is 19.2 Å². The van der Waals surface area contributed by atoms with Gasteiger partial charge in [0.1, 0.15) is 5.56 Å². The van der Waals surface area contributed by atoms with Crippen molar-refractivity contribution < 1.29 is 15.0 Å². The number of aromatic nitrogens is 1. The number of rotatable bonds is 2. The average Bonchev–Trinajstić information content (AvgIpc) is 2.02. The summed E-state index contributed by atoms with van der Waals surface area (Å²) in [7, 11) is 0. The Balaban J connectivity index is 3.34. The van der Waals surface area contributed by atoms with Crippen molar-refractivity contribution in [1.29, 1.82) is 0 Å². The van der Waals surface area contributed by atoms with Crippen LogP contribution in [0.25, 0.3) is 0 Å². The summed E-state index contributed by atoms with van der Waals surface area (Å²) in [5, 5.41) is 18.0. The normalized spacial score (nSPS) is 12.5. The standard InChI is InChI=1S/C8H10N2O3/c1-4(11)7-6(8(12)13)5(9)2-3-10-7/h2-4,11H,1H3,(H2,9,10)(H,12,13). The summed E-state index contributed by atoms with van der Waals surface area (Å²) in [6.07, 6.45) is 0.429. The van der Waals surface area contributed by atoms with Gasteiger partial charge in [-0.3, -0.25) is 4.98 Å². The minimum atomic E-state index is -1.18. The molecule has 1 rings (SSSR count). The molecule has 5 heteroatoms. The van der Waals surface area contributed by atoms with E-state index in [9.17, 15) is 9.90 Å². The Morgan fingerprint density at radius 1 is 1.69 bits per heavy atom. The van der Waals surface area contributed by atoms with Gasteiger partial charge in [0.15, 0.2) is 0 Å². The second-order valence-corrected chi connectivity index (χ2v) is 2.64. The molecule has 4 N–H and O–H groups in total. The number of aliphatic hydroxyl groups is 1. The summed E-state index contributed by atoms with van der Waals surface area (Å²) in [6, 6.07) is 1.38. The minimum Gasteiger partial charge on any atom is -0.478 e. The quantitative estimate of drug-likeness (QED) is 0.615. The van der Waals surface area contributed by atoms with Crippen LogP contribution in [0, 0.1) is 0 Å². The van der Waals surface area contributed by atoms with Gasteiger partial charge in [-0.2, -0.15) is 0 Å². The first-order valence-electron chi connectivity index (χ1n) is 3.69. The first-order valence-corrected chi connectivity index (χ1v) is 3.69. The smallest absolute Gasteiger partial charge is 0.339 e. The van der Waals surface area contributed by atoms with Crippen molar-refractivity contribution in [3.8, 4) is 0 Å². The van der Waals surface area contributed by atoms with E-state index in [2.05, 4.69) is 4.98 Å². The Bertz CT molecular complexity index is 336. The van der Waals surface area contributed by atoms with Crippen LogP contribution >= 0.6 is 0 Å². The Morgan fingerprint density at radius 2 is 2.31 bits per heavy atom. The summed E-state index contributed by atoms with van der Waals surface area (Å²) >= 11 is 0. The number of aromatic carboxylic acids is 1. The summed E-state index contributed by atoms with van der Waals surface area (Å²) in [4.78, 5) is 14.5. The molecule has 0 saturated heterocycles. The molecule has 0 spiro atoms. The maximum absolute atomic E-state index is 10.7. The number of nitrogens with two attached hydrogens (primary N) is 1. The van der Waals surface area contributed by atoms with Crippen LogP contribution in [0.4, 0.5) is 5.69 Å². The molecule has 0 saturated carbocycles. The molecule has 0 aliphatic carbocycles. The number of carboxylic acid groups (broad SMARTS) is 1. The topological polar surface area (TPSA) is 96.4 Å². The zero-order valence-electron chi connectivity index (χ0n) is 7.06. The maximum Gasteiger partial charge on any atom is 0.339 e. The van der Waals surface area contributed by atoms with E-state index in [1.807, 2.05) is 0 Å². The highest BCUT2D eigenvalue weighted by atomic mass is 16.4. The zero-order chi connectivity index (χ0) is 10.0. The highest BCUT2D eigenvalue weighted by molar-refractivity contribution is 5.94. The molecule has 1 atom stereocenters. The molecule has 1 unspecified atom stereocenters. The first-order chi connectivity index (χ1) is 6.04. The van der Waals surface area contributed by atoms with Crippen LogP contribution in [0.2, 0.25) is 0 Å². The molecule has 0 aliphatic heterocycles. The first kappa shape index (κ1) is 9.47. The lowest BCUT2D eigenvalue weighted by Gasteiger charge is -2.08. The van der Waals surface area contributed by atoms with Crippen LogP contribution in [0.3, 0.4) is 0 Å². The van der Waals surface area contributed by atoms with Crippen LogP contribution in [0.1, 0.15) is 29.1 Å². The lowest BCUT2D eigenvalue weighted by atomic mass is 10.1. The largest absolute Gasteiger partial charge is 0.478 e. The number of hydrogen-bond donors (Lipinski definition) is 3. The predicted octanol–water partition coefficient (Wildman–Crippen LogP) is 0.415. The molecular weight excluding hydrogens is 172 g/mol. The Hall–Kier alpha value is -1.62. The molecule has 0 aromatic carbocycles. The molecular formula is C8H10N2O3. The fourth-order valence-electron chi connectivity index (χ4n) is 1.04. The van der Waals surface area contributed by atoms with Crippen molar-refractivity contribution in [2.24, 2.45) is 0 Å². The van der Waals surface area contributed by atoms with E-state index in [4.69, 9.17) is 10.8 Å². The van der Waals surface area contributed by atoms with Crippen LogP contribution in [-0.4, -0.2) is 21.2 Å². The number of anilines is 1. The van der Waals surface area contributed by atoms with E-state index in [-0.39, 0.29) is 16.9 Å². The maximum atomic E-state index is 10.7. The SMILES string of the molecule is CC(O)c1nccc(N)c1C(=O)O. The number of hydrogen-bond acceptors (Lipinski definition) is 4. The molecule has 0 radical (unpaired) electrons. The van der Waals surface area contributed by atoms with Gasteiger partial charge < -0.3 is 15.9 Å². The van der Waals surface area contributed by atoms with Gasteiger partial charge in [0.25, 0.3) is 0 Å². The van der Waals surface area contributed by atoms with Crippen LogP contribution < -0.4 is 5.73 Å². The number of nitrogen functional groups attached to an aromatic ring is 1. The summed E-state index contributed by atoms with van der Waals surface area (Å²) in [6.45, 7) is 1.44. The molecule has 70 valence electrons. The Kier molecular flexibility index (Phi) is 2.48. The van der Waals surface area contributed by atoms with Gasteiger partial charge in [-0.1, -0.05) is 0 Å². The number of aliphatic hydroxyl groups excluding tert-OH is 1. The third-order valence-electron chi connectivity index (χ3n) is 1.62. The fraction of sp³-hybridized carbons (Fsp3) is 0.250. The summed E-state index contributed by atoms with van der Waals surface area (Å²) in [5.41, 5.74) is 5.50. The van der Waals surface area contributed by atoms with E-state index < -0.39 is 12.1 Å². The van der Waals surface area contributed by atoms with Crippen molar-refractivity contribution in [2.45, 2.75) is 13.0 Å². The van der Waals surface area contributed by atoms with Crippen molar-refractivity contribution >= 4 is 11.7 Å². The van der Waals surface area contributed by atoms with Gasteiger partial charge in [-0.15, -0.1) is 0 Å². The highest BCUT2D eigenvalue weighted by Crippen LogP contribution is 2.20. The second kappa shape index (κ2) is 3.40. The van der Waals surface area contributed by atoms with Gasteiger partial charge in [-0.25, -0.2) is 4.79 Å². The van der Waals surface area contributed by atoms with Gasteiger partial charge in [0, 0.05) is 11.9 Å². The monoisotopic (exact) mass is 182 g/mol. The molecule has 0 bridgehead atoms. The van der Waals surface area contributed by atoms with Crippen molar-refractivity contribution in [3.05, 3.63) is 23.5 Å². The Morgan fingerprint density at radius 3 is 2.69 bits per heavy atom. The molecule has 0 aliphatic rings. The fourth-order valence-corrected chi connectivity index (χ4v) is 1.04. The van der Waals surface area contributed by atoms with Gasteiger partial charge in [0.2, 0.25) is 0 Å². The second-order valence-electron chi connectivity index (χ2n) is 2.64. The highest BCUT2D eigenvalue weighted by Gasteiger charge is 2.17. The van der Waals surface area contributed by atoms with Crippen molar-refractivity contribution in [3.63, 3.8) is 0 Å². The number of carboxylic acids is 1.